The molecule has 1 heterocycles. The molecule has 1 aromatic carbocycles. The van der Waals surface area contributed by atoms with Gasteiger partial charge in [-0.3, -0.25) is 0 Å². The van der Waals surface area contributed by atoms with Gasteiger partial charge in [0.1, 0.15) is 0 Å². The molecule has 84 valence electrons. The summed E-state index contributed by atoms with van der Waals surface area (Å²) in [7, 11) is 1.91. The molecule has 4 heteroatoms. The second-order valence-electron chi connectivity index (χ2n) is 3.83. The highest BCUT2D eigenvalue weighted by molar-refractivity contribution is 9.10. The third-order valence-electron chi connectivity index (χ3n) is 2.52. The van der Waals surface area contributed by atoms with Crippen molar-refractivity contribution in [3.63, 3.8) is 0 Å². The van der Waals surface area contributed by atoms with Crippen LogP contribution in [0.3, 0.4) is 0 Å². The van der Waals surface area contributed by atoms with Crippen LogP contribution in [-0.2, 0) is 19.9 Å². The van der Waals surface area contributed by atoms with Gasteiger partial charge in [0, 0.05) is 17.7 Å². The van der Waals surface area contributed by atoms with Crippen LogP contribution in [0.4, 0.5) is 5.95 Å². The van der Waals surface area contributed by atoms with Crippen LogP contribution < -0.4 is 5.73 Å². The molecule has 0 unspecified atom stereocenters. The lowest BCUT2D eigenvalue weighted by molar-refractivity contribution is 0.909. The molecule has 0 saturated heterocycles. The van der Waals surface area contributed by atoms with Gasteiger partial charge >= 0.3 is 0 Å². The molecule has 0 radical (unpaired) electrons. The van der Waals surface area contributed by atoms with Crippen LogP contribution in [0.1, 0.15) is 11.3 Å². The molecule has 0 aliphatic carbocycles. The number of nitrogens with two attached hydrogens (primary N) is 1. The normalized spacial score (nSPS) is 10.6. The minimum Gasteiger partial charge on any atom is -0.369 e. The second-order valence-corrected chi connectivity index (χ2v) is 4.75. The third-order valence-corrected chi connectivity index (χ3v) is 3.01. The molecule has 2 aromatic rings. The molecule has 0 bridgehead atoms. The Morgan fingerprint density at radius 2 is 2.19 bits per heavy atom. The Labute approximate surface area is 103 Å². The monoisotopic (exact) mass is 279 g/mol. The van der Waals surface area contributed by atoms with Gasteiger partial charge in [-0.05, 0) is 30.5 Å². The number of hydrogen-bond donors (Lipinski definition) is 1. The Balaban J connectivity index is 2.02. The lowest BCUT2D eigenvalue weighted by atomic mass is 10.1. The van der Waals surface area contributed by atoms with Crippen LogP contribution in [0.15, 0.2) is 34.9 Å². The summed E-state index contributed by atoms with van der Waals surface area (Å²) in [4.78, 5) is 4.28. The van der Waals surface area contributed by atoms with Gasteiger partial charge in [0.05, 0.1) is 5.69 Å². The minimum atomic E-state index is 0.573. The van der Waals surface area contributed by atoms with E-state index in [-0.39, 0.29) is 0 Å². The van der Waals surface area contributed by atoms with E-state index in [1.807, 2.05) is 29.9 Å². The average molecular weight is 280 g/mol. The molecule has 0 fully saturated rings. The molecule has 16 heavy (non-hydrogen) atoms. The van der Waals surface area contributed by atoms with E-state index in [0.717, 1.165) is 23.0 Å². The zero-order valence-electron chi connectivity index (χ0n) is 9.15. The SMILES string of the molecule is Cn1cc(CCc2cccc(Br)c2)nc1N. The van der Waals surface area contributed by atoms with Crippen LogP contribution in [0.25, 0.3) is 0 Å². The van der Waals surface area contributed by atoms with Crippen LogP contribution in [0.5, 0.6) is 0 Å². The topological polar surface area (TPSA) is 43.8 Å². The van der Waals surface area contributed by atoms with E-state index >= 15 is 0 Å². The summed E-state index contributed by atoms with van der Waals surface area (Å²) < 4.78 is 2.96. The Bertz CT molecular complexity index is 471. The van der Waals surface area contributed by atoms with E-state index in [0.29, 0.717) is 5.95 Å². The standard InChI is InChI=1S/C12H14BrN3/c1-16-8-11(15-12(16)14)6-5-9-3-2-4-10(13)7-9/h2-4,7-8H,5-6H2,1H3,(H2,14,15). The second kappa shape index (κ2) is 4.70. The smallest absolute Gasteiger partial charge is 0.200 e. The molecule has 0 atom stereocenters. The Kier molecular flexibility index (Phi) is 3.29. The number of benzene rings is 1. The van der Waals surface area contributed by atoms with Gasteiger partial charge < -0.3 is 10.3 Å². The van der Waals surface area contributed by atoms with Gasteiger partial charge in [-0.2, -0.15) is 0 Å². The first-order chi connectivity index (χ1) is 7.65. The number of imidazole rings is 1. The fourth-order valence-corrected chi connectivity index (χ4v) is 2.08. The predicted molar refractivity (Wildman–Crippen MR) is 69.2 cm³/mol. The van der Waals surface area contributed by atoms with Crippen molar-refractivity contribution in [2.45, 2.75) is 12.8 Å². The molecule has 0 aliphatic rings. The van der Waals surface area contributed by atoms with Crippen LogP contribution in [-0.4, -0.2) is 9.55 Å². The van der Waals surface area contributed by atoms with Crippen molar-refractivity contribution in [3.05, 3.63) is 46.2 Å². The van der Waals surface area contributed by atoms with E-state index in [9.17, 15) is 0 Å². The first-order valence-corrected chi connectivity index (χ1v) is 5.96. The zero-order valence-corrected chi connectivity index (χ0v) is 10.7. The molecule has 2 rings (SSSR count). The molecule has 2 N–H and O–H groups in total. The number of anilines is 1. The van der Waals surface area contributed by atoms with Crippen molar-refractivity contribution in [1.82, 2.24) is 9.55 Å². The Hall–Kier alpha value is -1.29. The highest BCUT2D eigenvalue weighted by atomic mass is 79.9. The molecule has 1 aromatic heterocycles. The molecule has 0 aliphatic heterocycles. The molecule has 3 nitrogen and oxygen atoms in total. The Morgan fingerprint density at radius 3 is 2.81 bits per heavy atom. The molecule has 0 saturated carbocycles. The summed E-state index contributed by atoms with van der Waals surface area (Å²) in [6.45, 7) is 0. The van der Waals surface area contributed by atoms with Crippen molar-refractivity contribution < 1.29 is 0 Å². The maximum Gasteiger partial charge on any atom is 0.200 e. The largest absolute Gasteiger partial charge is 0.369 e. The number of aromatic nitrogens is 2. The van der Waals surface area contributed by atoms with E-state index in [2.05, 4.69) is 33.0 Å². The van der Waals surface area contributed by atoms with Crippen molar-refractivity contribution in [2.75, 3.05) is 5.73 Å². The summed E-state index contributed by atoms with van der Waals surface area (Å²) in [6.07, 6.45) is 3.88. The summed E-state index contributed by atoms with van der Waals surface area (Å²) in [5.41, 5.74) is 8.02. The van der Waals surface area contributed by atoms with Crippen LogP contribution in [0.2, 0.25) is 0 Å². The van der Waals surface area contributed by atoms with E-state index in [1.165, 1.54) is 5.56 Å². The molecule has 0 amide bonds. The first kappa shape index (κ1) is 11.2. The van der Waals surface area contributed by atoms with Crippen molar-refractivity contribution >= 4 is 21.9 Å². The fourth-order valence-electron chi connectivity index (χ4n) is 1.63. The Morgan fingerprint density at radius 1 is 1.38 bits per heavy atom. The van der Waals surface area contributed by atoms with E-state index in [4.69, 9.17) is 5.73 Å². The van der Waals surface area contributed by atoms with Crippen LogP contribution >= 0.6 is 15.9 Å². The van der Waals surface area contributed by atoms with Gasteiger partial charge in [-0.15, -0.1) is 0 Å². The number of halogens is 1. The molecule has 0 spiro atoms. The van der Waals surface area contributed by atoms with Gasteiger partial charge in [0.25, 0.3) is 0 Å². The van der Waals surface area contributed by atoms with Gasteiger partial charge in [0.15, 0.2) is 5.95 Å². The van der Waals surface area contributed by atoms with E-state index in [1.54, 1.807) is 0 Å². The summed E-state index contributed by atoms with van der Waals surface area (Å²) in [5, 5.41) is 0. The summed E-state index contributed by atoms with van der Waals surface area (Å²) >= 11 is 3.46. The highest BCUT2D eigenvalue weighted by Gasteiger charge is 2.02. The van der Waals surface area contributed by atoms with Gasteiger partial charge in [-0.25, -0.2) is 4.98 Å². The quantitative estimate of drug-likeness (QED) is 0.939. The number of rotatable bonds is 3. The number of hydrogen-bond acceptors (Lipinski definition) is 2. The van der Waals surface area contributed by atoms with Crippen molar-refractivity contribution in [1.29, 1.82) is 0 Å². The zero-order chi connectivity index (χ0) is 11.5. The number of aryl methyl sites for hydroxylation is 3. The first-order valence-electron chi connectivity index (χ1n) is 5.17. The van der Waals surface area contributed by atoms with Crippen molar-refractivity contribution in [2.24, 2.45) is 7.05 Å². The lowest BCUT2D eigenvalue weighted by Crippen LogP contribution is -1.95. The minimum absolute atomic E-state index is 0.573. The van der Waals surface area contributed by atoms with E-state index < -0.39 is 0 Å². The van der Waals surface area contributed by atoms with Gasteiger partial charge in [-0.1, -0.05) is 28.1 Å². The highest BCUT2D eigenvalue weighted by Crippen LogP contribution is 2.14. The predicted octanol–water partition coefficient (Wildman–Crippen LogP) is 2.55. The molecular weight excluding hydrogens is 266 g/mol. The third kappa shape index (κ3) is 2.64. The summed E-state index contributed by atoms with van der Waals surface area (Å²) in [5.74, 6) is 0.573. The average Bonchev–Trinajstić information content (AvgIpc) is 2.56. The summed E-state index contributed by atoms with van der Waals surface area (Å²) in [6, 6.07) is 8.33. The lowest BCUT2D eigenvalue weighted by Gasteiger charge is -1.99. The fraction of sp³-hybridized carbons (Fsp3) is 0.250. The maximum atomic E-state index is 5.68. The number of nitrogen functional groups attached to an aromatic ring is 1. The van der Waals surface area contributed by atoms with Crippen molar-refractivity contribution in [3.8, 4) is 0 Å². The number of nitrogens with zero attached hydrogens (tertiary/aromatic N) is 2. The van der Waals surface area contributed by atoms with Crippen LogP contribution in [0, 0.1) is 0 Å². The maximum absolute atomic E-state index is 5.68. The van der Waals surface area contributed by atoms with Gasteiger partial charge in [0.2, 0.25) is 0 Å². The molecular formula is C12H14BrN3.